The van der Waals surface area contributed by atoms with Crippen molar-refractivity contribution in [2.75, 3.05) is 14.2 Å². The molecule has 0 aliphatic rings. The number of sulfonamides is 1. The van der Waals surface area contributed by atoms with Gasteiger partial charge in [0.05, 0.1) is 14.2 Å². The van der Waals surface area contributed by atoms with Crippen molar-refractivity contribution in [3.8, 4) is 11.5 Å². The minimum absolute atomic E-state index is 0.160. The Labute approximate surface area is 134 Å². The molecule has 0 saturated carbocycles. The van der Waals surface area contributed by atoms with Crippen molar-refractivity contribution >= 4 is 21.4 Å². The van der Waals surface area contributed by atoms with Gasteiger partial charge in [-0.15, -0.1) is 11.3 Å². The standard InChI is InChI=1S/C15H19NO4S2/c1-10-5-8-14(21-10)22(17,18)16-9-12-6-7-13(19-3)11(2)15(12)20-4/h5-8,16H,9H2,1-4H3. The summed E-state index contributed by atoms with van der Waals surface area (Å²) >= 11 is 1.25. The summed E-state index contributed by atoms with van der Waals surface area (Å²) in [5, 5.41) is 0. The number of nitrogens with one attached hydrogen (secondary N) is 1. The van der Waals surface area contributed by atoms with Gasteiger partial charge < -0.3 is 9.47 Å². The second-order valence-corrected chi connectivity index (χ2v) is 8.06. The quantitative estimate of drug-likeness (QED) is 0.877. The maximum absolute atomic E-state index is 12.3. The van der Waals surface area contributed by atoms with Gasteiger partial charge >= 0.3 is 0 Å². The van der Waals surface area contributed by atoms with Crippen molar-refractivity contribution in [1.29, 1.82) is 0 Å². The SMILES string of the molecule is COc1ccc(CNS(=O)(=O)c2ccc(C)s2)c(OC)c1C. The molecule has 0 fully saturated rings. The van der Waals surface area contributed by atoms with Crippen molar-refractivity contribution in [3.05, 3.63) is 40.3 Å². The van der Waals surface area contributed by atoms with Crippen LogP contribution < -0.4 is 14.2 Å². The summed E-state index contributed by atoms with van der Waals surface area (Å²) in [6, 6.07) is 7.00. The molecular weight excluding hydrogens is 322 g/mol. The van der Waals surface area contributed by atoms with Gasteiger partial charge in [0, 0.05) is 22.5 Å². The van der Waals surface area contributed by atoms with E-state index < -0.39 is 10.0 Å². The predicted octanol–water partition coefficient (Wildman–Crippen LogP) is 2.86. The maximum atomic E-state index is 12.3. The van der Waals surface area contributed by atoms with Crippen LogP contribution in [0.2, 0.25) is 0 Å². The smallest absolute Gasteiger partial charge is 0.250 e. The van der Waals surface area contributed by atoms with Gasteiger partial charge in [-0.25, -0.2) is 13.1 Å². The number of ether oxygens (including phenoxy) is 2. The lowest BCUT2D eigenvalue weighted by Crippen LogP contribution is -2.22. The third-order valence-corrected chi connectivity index (χ3v) is 6.19. The fourth-order valence-electron chi connectivity index (χ4n) is 2.17. The maximum Gasteiger partial charge on any atom is 0.250 e. The van der Waals surface area contributed by atoms with Crippen molar-refractivity contribution < 1.29 is 17.9 Å². The van der Waals surface area contributed by atoms with E-state index in [4.69, 9.17) is 9.47 Å². The van der Waals surface area contributed by atoms with Crippen molar-refractivity contribution in [3.63, 3.8) is 0 Å². The van der Waals surface area contributed by atoms with Crippen molar-refractivity contribution in [2.45, 2.75) is 24.6 Å². The van der Waals surface area contributed by atoms with Crippen LogP contribution >= 0.6 is 11.3 Å². The molecule has 1 N–H and O–H groups in total. The van der Waals surface area contributed by atoms with Crippen molar-refractivity contribution in [2.24, 2.45) is 0 Å². The number of aryl methyl sites for hydroxylation is 1. The third kappa shape index (κ3) is 3.43. The van der Waals surface area contributed by atoms with Crippen LogP contribution in [0.25, 0.3) is 0 Å². The highest BCUT2D eigenvalue weighted by Gasteiger charge is 2.18. The lowest BCUT2D eigenvalue weighted by molar-refractivity contribution is 0.385. The van der Waals surface area contributed by atoms with Gasteiger partial charge in [-0.2, -0.15) is 0 Å². The largest absolute Gasteiger partial charge is 0.496 e. The summed E-state index contributed by atoms with van der Waals surface area (Å²) in [5.74, 6) is 1.33. The molecule has 22 heavy (non-hydrogen) atoms. The Morgan fingerprint density at radius 2 is 1.82 bits per heavy atom. The van der Waals surface area contributed by atoms with Crippen LogP contribution in [0.1, 0.15) is 16.0 Å². The second-order valence-electron chi connectivity index (χ2n) is 4.77. The summed E-state index contributed by atoms with van der Waals surface area (Å²) in [7, 11) is -0.365. The molecular formula is C15H19NO4S2. The van der Waals surface area contributed by atoms with E-state index in [0.717, 1.165) is 16.0 Å². The highest BCUT2D eigenvalue weighted by atomic mass is 32.2. The van der Waals surface area contributed by atoms with E-state index in [0.29, 0.717) is 15.7 Å². The fourth-order valence-corrected chi connectivity index (χ4v) is 4.51. The molecule has 0 unspecified atom stereocenters. The van der Waals surface area contributed by atoms with Gasteiger partial charge in [0.2, 0.25) is 10.0 Å². The van der Waals surface area contributed by atoms with E-state index in [1.54, 1.807) is 38.5 Å². The van der Waals surface area contributed by atoms with Crippen LogP contribution in [-0.2, 0) is 16.6 Å². The molecule has 0 aliphatic carbocycles. The molecule has 1 aromatic heterocycles. The van der Waals surface area contributed by atoms with E-state index in [1.165, 1.54) is 11.3 Å². The molecule has 120 valence electrons. The van der Waals surface area contributed by atoms with E-state index in [-0.39, 0.29) is 6.54 Å². The zero-order valence-corrected chi connectivity index (χ0v) is 14.6. The lowest BCUT2D eigenvalue weighted by atomic mass is 10.1. The summed E-state index contributed by atoms with van der Waals surface area (Å²) < 4.78 is 38.1. The zero-order chi connectivity index (χ0) is 16.3. The zero-order valence-electron chi connectivity index (χ0n) is 13.0. The van der Waals surface area contributed by atoms with Gasteiger partial charge in [0.15, 0.2) is 0 Å². The van der Waals surface area contributed by atoms with E-state index in [1.807, 2.05) is 13.8 Å². The lowest BCUT2D eigenvalue weighted by Gasteiger charge is -2.14. The summed E-state index contributed by atoms with van der Waals surface area (Å²) in [5.41, 5.74) is 1.60. The molecule has 7 heteroatoms. The summed E-state index contributed by atoms with van der Waals surface area (Å²) in [4.78, 5) is 0.957. The molecule has 0 saturated heterocycles. The molecule has 5 nitrogen and oxygen atoms in total. The third-order valence-electron chi connectivity index (χ3n) is 3.29. The Hall–Kier alpha value is -1.57. The van der Waals surface area contributed by atoms with Crippen LogP contribution in [0.4, 0.5) is 0 Å². The molecule has 0 atom stereocenters. The van der Waals surface area contributed by atoms with Crippen LogP contribution in [0, 0.1) is 13.8 Å². The molecule has 1 heterocycles. The first-order valence-electron chi connectivity index (χ1n) is 6.65. The van der Waals surface area contributed by atoms with Crippen molar-refractivity contribution in [1.82, 2.24) is 4.72 Å². The van der Waals surface area contributed by atoms with Gasteiger partial charge in [-0.05, 0) is 32.0 Å². The number of methoxy groups -OCH3 is 2. The molecule has 0 spiro atoms. The van der Waals surface area contributed by atoms with Gasteiger partial charge in [0.1, 0.15) is 15.7 Å². The Morgan fingerprint density at radius 1 is 1.09 bits per heavy atom. The number of thiophene rings is 1. The van der Waals surface area contributed by atoms with Crippen LogP contribution in [0.5, 0.6) is 11.5 Å². The summed E-state index contributed by atoms with van der Waals surface area (Å²) in [6.45, 7) is 3.91. The first-order valence-corrected chi connectivity index (χ1v) is 8.95. The summed E-state index contributed by atoms with van der Waals surface area (Å²) in [6.07, 6.45) is 0. The van der Waals surface area contributed by atoms with Gasteiger partial charge in [-0.3, -0.25) is 0 Å². The molecule has 0 aliphatic heterocycles. The second kappa shape index (κ2) is 6.68. The molecule has 1 aromatic carbocycles. The Balaban J connectivity index is 2.23. The molecule has 0 radical (unpaired) electrons. The first kappa shape index (κ1) is 16.8. The average Bonchev–Trinajstić information content (AvgIpc) is 2.93. The molecule has 2 rings (SSSR count). The monoisotopic (exact) mass is 341 g/mol. The number of rotatable bonds is 6. The molecule has 0 bridgehead atoms. The molecule has 2 aromatic rings. The topological polar surface area (TPSA) is 64.6 Å². The Bertz CT molecular complexity index is 766. The predicted molar refractivity (Wildman–Crippen MR) is 87.4 cm³/mol. The highest BCUT2D eigenvalue weighted by Crippen LogP contribution is 2.31. The van der Waals surface area contributed by atoms with E-state index >= 15 is 0 Å². The Morgan fingerprint density at radius 3 is 2.36 bits per heavy atom. The fraction of sp³-hybridized carbons (Fsp3) is 0.333. The van der Waals surface area contributed by atoms with Crippen LogP contribution in [0.15, 0.2) is 28.5 Å². The van der Waals surface area contributed by atoms with E-state index in [9.17, 15) is 8.42 Å². The highest BCUT2D eigenvalue weighted by molar-refractivity contribution is 7.91. The van der Waals surface area contributed by atoms with Gasteiger partial charge in [0.25, 0.3) is 0 Å². The van der Waals surface area contributed by atoms with Crippen LogP contribution in [-0.4, -0.2) is 22.6 Å². The van der Waals surface area contributed by atoms with E-state index in [2.05, 4.69) is 4.72 Å². The van der Waals surface area contributed by atoms with Crippen LogP contribution in [0.3, 0.4) is 0 Å². The first-order chi connectivity index (χ1) is 10.4. The molecule has 0 amide bonds. The Kier molecular flexibility index (Phi) is 5.10. The minimum Gasteiger partial charge on any atom is -0.496 e. The van der Waals surface area contributed by atoms with Gasteiger partial charge in [-0.1, -0.05) is 6.07 Å². The normalized spacial score (nSPS) is 11.5. The number of benzene rings is 1. The number of hydrogen-bond donors (Lipinski definition) is 1. The average molecular weight is 341 g/mol. The number of hydrogen-bond acceptors (Lipinski definition) is 5. The minimum atomic E-state index is -3.51.